The summed E-state index contributed by atoms with van der Waals surface area (Å²) in [4.78, 5) is 22.5. The highest BCUT2D eigenvalue weighted by atomic mass is 35.5. The molecule has 1 aliphatic rings. The van der Waals surface area contributed by atoms with Gasteiger partial charge in [-0.15, -0.1) is 23.7 Å². The minimum atomic E-state index is 0. The fourth-order valence-corrected chi connectivity index (χ4v) is 4.72. The summed E-state index contributed by atoms with van der Waals surface area (Å²) in [6, 6.07) is 4.39. The molecule has 0 bridgehead atoms. The summed E-state index contributed by atoms with van der Waals surface area (Å²) in [7, 11) is 0. The number of piperazine rings is 1. The molecular weight excluding hydrogens is 396 g/mol. The van der Waals surface area contributed by atoms with Gasteiger partial charge in [-0.2, -0.15) is 0 Å². The zero-order chi connectivity index (χ0) is 19.3. The highest BCUT2D eigenvalue weighted by Gasteiger charge is 2.31. The molecule has 0 aliphatic carbocycles. The highest BCUT2D eigenvalue weighted by molar-refractivity contribution is 7.12. The molecule has 0 radical (unpaired) electrons. The van der Waals surface area contributed by atoms with E-state index >= 15 is 0 Å². The largest absolute Gasteiger partial charge is 0.335 e. The van der Waals surface area contributed by atoms with Crippen molar-refractivity contribution in [2.75, 3.05) is 13.1 Å². The van der Waals surface area contributed by atoms with E-state index in [9.17, 15) is 4.79 Å². The molecule has 1 fully saturated rings. The Morgan fingerprint density at radius 1 is 1.29 bits per heavy atom. The van der Waals surface area contributed by atoms with E-state index in [0.717, 1.165) is 17.8 Å². The van der Waals surface area contributed by atoms with Gasteiger partial charge in [0.15, 0.2) is 0 Å². The molecule has 2 atom stereocenters. The van der Waals surface area contributed by atoms with E-state index in [1.165, 1.54) is 9.75 Å². The van der Waals surface area contributed by atoms with Gasteiger partial charge >= 0.3 is 0 Å². The first-order chi connectivity index (χ1) is 12.9. The van der Waals surface area contributed by atoms with Crippen molar-refractivity contribution in [3.63, 3.8) is 0 Å². The molecule has 1 aliphatic heterocycles. The third-order valence-electron chi connectivity index (χ3n) is 5.46. The zero-order valence-electron chi connectivity index (χ0n) is 16.7. The second-order valence-corrected chi connectivity index (χ2v) is 8.77. The average Bonchev–Trinajstić information content (AvgIpc) is 3.18. The van der Waals surface area contributed by atoms with E-state index in [0.29, 0.717) is 28.9 Å². The number of thiophene rings is 1. The van der Waals surface area contributed by atoms with Crippen molar-refractivity contribution < 1.29 is 9.32 Å². The Hall–Kier alpha value is -1.96. The van der Waals surface area contributed by atoms with Crippen molar-refractivity contribution in [2.24, 2.45) is 0 Å². The van der Waals surface area contributed by atoms with Crippen LogP contribution in [0.2, 0.25) is 0 Å². The summed E-state index contributed by atoms with van der Waals surface area (Å²) in [5.74, 6) is 0.0143. The number of aromatic nitrogens is 2. The number of nitrogens with one attached hydrogen (secondary N) is 1. The molecule has 3 aromatic heterocycles. The number of pyridine rings is 1. The predicted octanol–water partition coefficient (Wildman–Crippen LogP) is 4.12. The maximum Gasteiger partial charge on any atom is 0.259 e. The quantitative estimate of drug-likeness (QED) is 0.675. The number of hydrogen-bond acceptors (Lipinski definition) is 6. The van der Waals surface area contributed by atoms with Gasteiger partial charge in [-0.25, -0.2) is 4.98 Å². The van der Waals surface area contributed by atoms with Crippen molar-refractivity contribution in [3.8, 4) is 11.3 Å². The topological polar surface area (TPSA) is 71.3 Å². The normalized spacial score (nSPS) is 19.7. The molecule has 4 heterocycles. The number of fused-ring (bicyclic) bond motifs is 1. The van der Waals surface area contributed by atoms with Gasteiger partial charge in [-0.3, -0.25) is 4.79 Å². The van der Waals surface area contributed by atoms with Gasteiger partial charge in [0.25, 0.3) is 11.6 Å². The predicted molar refractivity (Wildman–Crippen MR) is 115 cm³/mol. The van der Waals surface area contributed by atoms with Crippen LogP contribution in [-0.2, 0) is 0 Å². The molecule has 1 amide bonds. The lowest BCUT2D eigenvalue weighted by atomic mass is 10.0. The molecule has 1 saturated heterocycles. The Balaban J connectivity index is 0.00000225. The van der Waals surface area contributed by atoms with E-state index in [-0.39, 0.29) is 30.4 Å². The second-order valence-electron chi connectivity index (χ2n) is 7.31. The lowest BCUT2D eigenvalue weighted by molar-refractivity contribution is 0.0605. The minimum absolute atomic E-state index is 0. The molecule has 28 heavy (non-hydrogen) atoms. The van der Waals surface area contributed by atoms with Crippen LogP contribution in [0, 0.1) is 20.8 Å². The van der Waals surface area contributed by atoms with E-state index in [4.69, 9.17) is 4.52 Å². The van der Waals surface area contributed by atoms with Crippen LogP contribution in [0.25, 0.3) is 22.4 Å². The molecule has 0 spiro atoms. The summed E-state index contributed by atoms with van der Waals surface area (Å²) in [5, 5.41) is 8.20. The molecule has 6 nitrogen and oxygen atoms in total. The number of hydrogen-bond donors (Lipinski definition) is 1. The van der Waals surface area contributed by atoms with Gasteiger partial charge < -0.3 is 14.7 Å². The van der Waals surface area contributed by atoms with E-state index in [2.05, 4.69) is 49.2 Å². The van der Waals surface area contributed by atoms with Gasteiger partial charge in [0.1, 0.15) is 0 Å². The van der Waals surface area contributed by atoms with Crippen molar-refractivity contribution in [2.45, 2.75) is 46.7 Å². The maximum atomic E-state index is 13.5. The molecule has 1 N–H and O–H groups in total. The Kier molecular flexibility index (Phi) is 5.79. The smallest absolute Gasteiger partial charge is 0.259 e. The third kappa shape index (κ3) is 3.43. The van der Waals surface area contributed by atoms with Crippen molar-refractivity contribution >= 4 is 40.8 Å². The molecule has 3 aromatic rings. The van der Waals surface area contributed by atoms with Crippen LogP contribution < -0.4 is 5.32 Å². The van der Waals surface area contributed by atoms with E-state index < -0.39 is 0 Å². The first-order valence-electron chi connectivity index (χ1n) is 9.25. The maximum absolute atomic E-state index is 13.5. The van der Waals surface area contributed by atoms with Crippen LogP contribution in [0.4, 0.5) is 0 Å². The number of amides is 1. The third-order valence-corrected chi connectivity index (χ3v) is 6.43. The lowest BCUT2D eigenvalue weighted by Crippen LogP contribution is -2.57. The summed E-state index contributed by atoms with van der Waals surface area (Å²) in [5.41, 5.74) is 3.55. The van der Waals surface area contributed by atoms with Crippen LogP contribution in [0.3, 0.4) is 0 Å². The van der Waals surface area contributed by atoms with Crippen LogP contribution >= 0.6 is 23.7 Å². The van der Waals surface area contributed by atoms with Gasteiger partial charge in [-0.1, -0.05) is 5.16 Å². The fourth-order valence-electron chi connectivity index (χ4n) is 3.78. The van der Waals surface area contributed by atoms with Crippen LogP contribution in [0.1, 0.15) is 39.7 Å². The van der Waals surface area contributed by atoms with Crippen molar-refractivity contribution in [3.05, 3.63) is 33.1 Å². The number of rotatable bonds is 2. The van der Waals surface area contributed by atoms with Crippen molar-refractivity contribution in [1.82, 2.24) is 20.4 Å². The summed E-state index contributed by atoms with van der Waals surface area (Å²) in [6.07, 6.45) is 0. The number of carbonyl (C=O) groups excluding carboxylic acids is 1. The fraction of sp³-hybridized carbons (Fsp3) is 0.450. The number of carbonyl (C=O) groups is 1. The number of nitrogens with zero attached hydrogens (tertiary/aromatic N) is 3. The highest BCUT2D eigenvalue weighted by Crippen LogP contribution is 2.33. The molecule has 4 rings (SSSR count). The Morgan fingerprint density at radius 2 is 2.04 bits per heavy atom. The number of aryl methyl sites for hydroxylation is 3. The molecule has 8 heteroatoms. The molecular formula is C20H25ClN4O2S. The average molecular weight is 421 g/mol. The van der Waals surface area contributed by atoms with Gasteiger partial charge in [0.2, 0.25) is 0 Å². The van der Waals surface area contributed by atoms with E-state index in [1.54, 1.807) is 11.3 Å². The van der Waals surface area contributed by atoms with Gasteiger partial charge in [-0.05, 0) is 46.8 Å². The second kappa shape index (κ2) is 7.81. The van der Waals surface area contributed by atoms with E-state index in [1.807, 2.05) is 17.9 Å². The first kappa shape index (κ1) is 20.8. The Labute approximate surface area is 174 Å². The van der Waals surface area contributed by atoms with Gasteiger partial charge in [0, 0.05) is 40.5 Å². The summed E-state index contributed by atoms with van der Waals surface area (Å²) < 4.78 is 5.44. The van der Waals surface area contributed by atoms with Crippen LogP contribution in [0.5, 0.6) is 0 Å². The molecule has 0 saturated carbocycles. The Bertz CT molecular complexity index is 1030. The zero-order valence-corrected chi connectivity index (χ0v) is 18.3. The standard InChI is InChI=1S/C20H24N4O2S.ClH/c1-10-8-15(14(5)27-10)17-9-16(18-12(3)23-26-19(18)22-17)20(25)24-7-6-21-11(2)13(24)4;/h8-9,11,13,21H,6-7H2,1-5H3;1H. The lowest BCUT2D eigenvalue weighted by Gasteiger charge is -2.38. The Morgan fingerprint density at radius 3 is 2.71 bits per heavy atom. The summed E-state index contributed by atoms with van der Waals surface area (Å²) >= 11 is 1.73. The molecule has 150 valence electrons. The van der Waals surface area contributed by atoms with Crippen molar-refractivity contribution in [1.29, 1.82) is 0 Å². The van der Waals surface area contributed by atoms with Crippen LogP contribution in [-0.4, -0.2) is 46.1 Å². The minimum Gasteiger partial charge on any atom is -0.335 e. The van der Waals surface area contributed by atoms with Gasteiger partial charge in [0.05, 0.1) is 22.3 Å². The first-order valence-corrected chi connectivity index (χ1v) is 10.1. The molecule has 0 aromatic carbocycles. The number of halogens is 1. The van der Waals surface area contributed by atoms with Crippen LogP contribution in [0.15, 0.2) is 16.7 Å². The monoisotopic (exact) mass is 420 g/mol. The SMILES string of the molecule is Cc1cc(-c2cc(C(=O)N3CCNC(C)C3C)c3c(C)noc3n2)c(C)s1.Cl. The summed E-state index contributed by atoms with van der Waals surface area (Å²) in [6.45, 7) is 11.7. The molecule has 2 unspecified atom stereocenters.